The van der Waals surface area contributed by atoms with Gasteiger partial charge in [0.15, 0.2) is 6.04 Å². The van der Waals surface area contributed by atoms with Gasteiger partial charge in [-0.05, 0) is 24.3 Å². The van der Waals surface area contributed by atoms with E-state index in [4.69, 9.17) is 4.74 Å². The van der Waals surface area contributed by atoms with E-state index in [0.717, 1.165) is 10.2 Å². The number of carbonyl (C=O) groups is 2. The van der Waals surface area contributed by atoms with Gasteiger partial charge < -0.3 is 14.7 Å². The number of hydrogen-bond donors (Lipinski definition) is 1. The van der Waals surface area contributed by atoms with Crippen molar-refractivity contribution in [3.8, 4) is 5.69 Å². The van der Waals surface area contributed by atoms with Crippen molar-refractivity contribution >= 4 is 27.8 Å². The van der Waals surface area contributed by atoms with E-state index in [-0.39, 0.29) is 19.1 Å². The summed E-state index contributed by atoms with van der Waals surface area (Å²) in [6.07, 6.45) is 3.04. The maximum Gasteiger partial charge on any atom is 0.328 e. The Labute approximate surface area is 140 Å². The third-order valence-corrected chi connectivity index (χ3v) is 4.12. The van der Waals surface area contributed by atoms with Crippen molar-refractivity contribution < 1.29 is 19.4 Å². The highest BCUT2D eigenvalue weighted by atomic mass is 79.9. The van der Waals surface area contributed by atoms with Gasteiger partial charge in [0.2, 0.25) is 0 Å². The van der Waals surface area contributed by atoms with E-state index in [1.54, 1.807) is 10.9 Å². The first-order valence-electron chi connectivity index (χ1n) is 6.98. The van der Waals surface area contributed by atoms with Crippen LogP contribution in [0.1, 0.15) is 10.4 Å². The van der Waals surface area contributed by atoms with Gasteiger partial charge in [-0.3, -0.25) is 4.79 Å². The fourth-order valence-corrected chi connectivity index (χ4v) is 2.65. The molecule has 1 aliphatic rings. The van der Waals surface area contributed by atoms with Crippen LogP contribution in [0, 0.1) is 0 Å². The highest BCUT2D eigenvalue weighted by Crippen LogP contribution is 2.16. The molecule has 23 heavy (non-hydrogen) atoms. The van der Waals surface area contributed by atoms with E-state index in [0.29, 0.717) is 12.2 Å². The Kier molecular flexibility index (Phi) is 4.44. The van der Waals surface area contributed by atoms with Gasteiger partial charge in [0.1, 0.15) is 0 Å². The SMILES string of the molecule is O=C(O)[C@H]1COCCN1C(=O)c1cnn(-c2ccc(Br)cc2)c1. The highest BCUT2D eigenvalue weighted by molar-refractivity contribution is 9.10. The number of carboxylic acid groups (broad SMARTS) is 1. The zero-order valence-corrected chi connectivity index (χ0v) is 13.6. The predicted molar refractivity (Wildman–Crippen MR) is 84.5 cm³/mol. The van der Waals surface area contributed by atoms with Crippen LogP contribution in [-0.2, 0) is 9.53 Å². The minimum Gasteiger partial charge on any atom is -0.480 e. The van der Waals surface area contributed by atoms with Crippen LogP contribution in [0.4, 0.5) is 0 Å². The van der Waals surface area contributed by atoms with Crippen molar-refractivity contribution in [1.82, 2.24) is 14.7 Å². The van der Waals surface area contributed by atoms with Gasteiger partial charge in [-0.15, -0.1) is 0 Å². The Morgan fingerprint density at radius 2 is 2.04 bits per heavy atom. The van der Waals surface area contributed by atoms with E-state index < -0.39 is 12.0 Å². The molecule has 0 bridgehead atoms. The Bertz CT molecular complexity index is 729. The van der Waals surface area contributed by atoms with Crippen molar-refractivity contribution in [1.29, 1.82) is 0 Å². The number of carbonyl (C=O) groups excluding carboxylic acids is 1. The monoisotopic (exact) mass is 379 g/mol. The number of rotatable bonds is 3. The number of aromatic nitrogens is 2. The van der Waals surface area contributed by atoms with Crippen LogP contribution < -0.4 is 0 Å². The van der Waals surface area contributed by atoms with Crippen molar-refractivity contribution in [2.45, 2.75) is 6.04 Å². The molecule has 1 fully saturated rings. The molecular formula is C15H14BrN3O4. The first-order chi connectivity index (χ1) is 11.1. The fraction of sp³-hybridized carbons (Fsp3) is 0.267. The van der Waals surface area contributed by atoms with Crippen LogP contribution in [0.5, 0.6) is 0 Å². The molecule has 3 rings (SSSR count). The lowest BCUT2D eigenvalue weighted by molar-refractivity contribution is -0.147. The lowest BCUT2D eigenvalue weighted by atomic mass is 10.2. The number of nitrogens with zero attached hydrogens (tertiary/aromatic N) is 3. The van der Waals surface area contributed by atoms with Gasteiger partial charge in [0.05, 0.1) is 30.7 Å². The first kappa shape index (κ1) is 15.7. The number of aliphatic carboxylic acids is 1. The standard InChI is InChI=1S/C15H14BrN3O4/c16-11-1-3-12(4-2-11)19-8-10(7-17-19)14(20)18-5-6-23-9-13(18)15(21)22/h1-4,7-8,13H,5-6,9H2,(H,21,22)/t13-/m1/s1. The largest absolute Gasteiger partial charge is 0.480 e. The van der Waals surface area contributed by atoms with Gasteiger partial charge in [-0.2, -0.15) is 5.10 Å². The van der Waals surface area contributed by atoms with Crippen LogP contribution >= 0.6 is 15.9 Å². The number of hydrogen-bond acceptors (Lipinski definition) is 4. The molecule has 0 spiro atoms. The van der Waals surface area contributed by atoms with Gasteiger partial charge in [-0.1, -0.05) is 15.9 Å². The molecule has 1 aromatic carbocycles. The molecule has 8 heteroatoms. The van der Waals surface area contributed by atoms with E-state index >= 15 is 0 Å². The van der Waals surface area contributed by atoms with Crippen molar-refractivity contribution in [2.24, 2.45) is 0 Å². The molecular weight excluding hydrogens is 366 g/mol. The highest BCUT2D eigenvalue weighted by Gasteiger charge is 2.33. The topological polar surface area (TPSA) is 84.7 Å². The third-order valence-electron chi connectivity index (χ3n) is 3.60. The molecule has 1 aliphatic heterocycles. The van der Waals surface area contributed by atoms with Gasteiger partial charge in [0, 0.05) is 17.2 Å². The summed E-state index contributed by atoms with van der Waals surface area (Å²) in [5, 5.41) is 13.4. The van der Waals surface area contributed by atoms with Gasteiger partial charge in [-0.25, -0.2) is 9.48 Å². The van der Waals surface area contributed by atoms with Crippen LogP contribution in [0.25, 0.3) is 5.69 Å². The Balaban J connectivity index is 1.83. The van der Waals surface area contributed by atoms with E-state index in [1.807, 2.05) is 24.3 Å². The average Bonchev–Trinajstić information content (AvgIpc) is 3.04. The van der Waals surface area contributed by atoms with Crippen LogP contribution in [0.2, 0.25) is 0 Å². The van der Waals surface area contributed by atoms with Crippen LogP contribution in [-0.4, -0.2) is 57.5 Å². The number of halogens is 1. The molecule has 1 atom stereocenters. The Morgan fingerprint density at radius 1 is 1.30 bits per heavy atom. The van der Waals surface area contributed by atoms with Crippen molar-refractivity contribution in [2.75, 3.05) is 19.8 Å². The summed E-state index contributed by atoms with van der Waals surface area (Å²) in [6, 6.07) is 6.51. The second-order valence-corrected chi connectivity index (χ2v) is 5.99. The van der Waals surface area contributed by atoms with Crippen LogP contribution in [0.15, 0.2) is 41.1 Å². The molecule has 1 N–H and O–H groups in total. The van der Waals surface area contributed by atoms with Crippen molar-refractivity contribution in [3.05, 3.63) is 46.7 Å². The number of benzene rings is 1. The molecule has 0 saturated carbocycles. The summed E-state index contributed by atoms with van der Waals surface area (Å²) in [4.78, 5) is 25.1. The molecule has 7 nitrogen and oxygen atoms in total. The summed E-state index contributed by atoms with van der Waals surface area (Å²) >= 11 is 3.36. The fourth-order valence-electron chi connectivity index (χ4n) is 2.39. The normalized spacial score (nSPS) is 18.0. The van der Waals surface area contributed by atoms with E-state index in [9.17, 15) is 14.7 Å². The summed E-state index contributed by atoms with van der Waals surface area (Å²) in [5.41, 5.74) is 1.16. The summed E-state index contributed by atoms with van der Waals surface area (Å²) < 4.78 is 7.67. The summed E-state index contributed by atoms with van der Waals surface area (Å²) in [5.74, 6) is -1.43. The average molecular weight is 380 g/mol. The number of amides is 1. The van der Waals surface area contributed by atoms with E-state index in [2.05, 4.69) is 21.0 Å². The number of carboxylic acids is 1. The first-order valence-corrected chi connectivity index (χ1v) is 7.77. The molecule has 2 heterocycles. The lowest BCUT2D eigenvalue weighted by Gasteiger charge is -2.32. The Hall–Kier alpha value is -2.19. The zero-order chi connectivity index (χ0) is 16.4. The second-order valence-electron chi connectivity index (χ2n) is 5.08. The number of ether oxygens (including phenoxy) is 1. The molecule has 1 amide bonds. The maximum absolute atomic E-state index is 12.6. The minimum atomic E-state index is -1.07. The second kappa shape index (κ2) is 6.51. The van der Waals surface area contributed by atoms with Crippen molar-refractivity contribution in [3.63, 3.8) is 0 Å². The van der Waals surface area contributed by atoms with Crippen LogP contribution in [0.3, 0.4) is 0 Å². The summed E-state index contributed by atoms with van der Waals surface area (Å²) in [7, 11) is 0. The number of morpholine rings is 1. The summed E-state index contributed by atoms with van der Waals surface area (Å²) in [6.45, 7) is 0.581. The molecule has 120 valence electrons. The Morgan fingerprint density at radius 3 is 2.74 bits per heavy atom. The lowest BCUT2D eigenvalue weighted by Crippen LogP contribution is -2.52. The van der Waals surface area contributed by atoms with Gasteiger partial charge in [0.25, 0.3) is 5.91 Å². The predicted octanol–water partition coefficient (Wildman–Crippen LogP) is 1.56. The van der Waals surface area contributed by atoms with Gasteiger partial charge >= 0.3 is 5.97 Å². The zero-order valence-electron chi connectivity index (χ0n) is 12.1. The minimum absolute atomic E-state index is 0.00191. The maximum atomic E-state index is 12.6. The van der Waals surface area contributed by atoms with E-state index in [1.165, 1.54) is 11.1 Å². The molecule has 1 saturated heterocycles. The molecule has 2 aromatic rings. The third kappa shape index (κ3) is 3.27. The molecule has 0 unspecified atom stereocenters. The molecule has 1 aromatic heterocycles. The molecule has 0 radical (unpaired) electrons. The molecule has 0 aliphatic carbocycles. The smallest absolute Gasteiger partial charge is 0.328 e. The quantitative estimate of drug-likeness (QED) is 0.874.